The number of hydrazine groups is 3. The van der Waals surface area contributed by atoms with Gasteiger partial charge in [0.25, 0.3) is 0 Å². The molecule has 2 aliphatic carbocycles. The van der Waals surface area contributed by atoms with Gasteiger partial charge in [0.1, 0.15) is 5.75 Å². The molecule has 2 fully saturated rings. The number of pyridine rings is 1. The van der Waals surface area contributed by atoms with E-state index < -0.39 is 0 Å². The Labute approximate surface area is 184 Å². The molecule has 0 aliphatic heterocycles. The highest BCUT2D eigenvalue weighted by Gasteiger charge is 2.24. The van der Waals surface area contributed by atoms with Crippen molar-refractivity contribution in [1.29, 1.82) is 0 Å². The average molecular weight is 432 g/mol. The van der Waals surface area contributed by atoms with Gasteiger partial charge in [-0.05, 0) is 63.5 Å². The lowest BCUT2D eigenvalue weighted by atomic mass is 9.98. The number of aliphatic imine (C=N–C) groups is 1. The van der Waals surface area contributed by atoms with Gasteiger partial charge in [-0.25, -0.2) is 27.5 Å². The smallest absolute Gasteiger partial charge is 0.223 e. The van der Waals surface area contributed by atoms with E-state index in [-0.39, 0.29) is 12.6 Å². The number of likely N-dealkylation sites (N-methyl/N-ethyl adjacent to an activating group) is 1. The van der Waals surface area contributed by atoms with Crippen molar-refractivity contribution >= 4 is 11.7 Å². The topological polar surface area (TPSA) is 157 Å². The molecule has 1 aromatic heterocycles. The molecule has 9 N–H and O–H groups in total. The number of hydrogen-bond donors (Lipinski definition) is 5. The number of rotatable bonds is 8. The maximum absolute atomic E-state index is 6.43. The van der Waals surface area contributed by atoms with Crippen LogP contribution in [-0.2, 0) is 0 Å². The molecule has 10 nitrogen and oxygen atoms in total. The highest BCUT2D eigenvalue weighted by molar-refractivity contribution is 5.79. The molecule has 0 unspecified atom stereocenters. The SMILES string of the molecule is Cc1nc(/C(N)=C(\CN=C(NN)N(N)CC2CC2)N(C)N)ccc1OC1CCCCC1. The van der Waals surface area contributed by atoms with Gasteiger partial charge in [0.05, 0.1) is 35.4 Å². The molecule has 31 heavy (non-hydrogen) atoms. The Balaban J connectivity index is 1.74. The van der Waals surface area contributed by atoms with Crippen LogP contribution in [0.5, 0.6) is 5.75 Å². The summed E-state index contributed by atoms with van der Waals surface area (Å²) in [6, 6.07) is 3.79. The molecule has 0 spiro atoms. The molecule has 172 valence electrons. The first-order valence-electron chi connectivity index (χ1n) is 11.0. The minimum absolute atomic E-state index is 0.206. The van der Waals surface area contributed by atoms with Crippen LogP contribution in [0.25, 0.3) is 5.70 Å². The van der Waals surface area contributed by atoms with Gasteiger partial charge < -0.3 is 15.5 Å². The second-order valence-corrected chi connectivity index (χ2v) is 8.51. The van der Waals surface area contributed by atoms with E-state index in [0.717, 1.165) is 24.3 Å². The summed E-state index contributed by atoms with van der Waals surface area (Å²) < 4.78 is 6.17. The molecule has 0 bridgehead atoms. The number of aryl methyl sites for hydroxylation is 1. The Morgan fingerprint density at radius 2 is 1.90 bits per heavy atom. The van der Waals surface area contributed by atoms with Gasteiger partial charge in [-0.1, -0.05) is 6.42 Å². The lowest BCUT2D eigenvalue weighted by Crippen LogP contribution is -2.49. The number of aromatic nitrogens is 1. The molecule has 10 heteroatoms. The number of guanidine groups is 1. The van der Waals surface area contributed by atoms with Crippen LogP contribution in [0.2, 0.25) is 0 Å². The molecule has 2 aliphatic rings. The van der Waals surface area contributed by atoms with Crippen LogP contribution >= 0.6 is 0 Å². The van der Waals surface area contributed by atoms with Crippen molar-refractivity contribution in [2.45, 2.75) is 58.0 Å². The summed E-state index contributed by atoms with van der Waals surface area (Å²) in [5.74, 6) is 19.5. The highest BCUT2D eigenvalue weighted by Crippen LogP contribution is 2.29. The summed E-state index contributed by atoms with van der Waals surface area (Å²) in [7, 11) is 1.71. The van der Waals surface area contributed by atoms with Crippen LogP contribution in [-0.4, -0.2) is 47.2 Å². The summed E-state index contributed by atoms with van der Waals surface area (Å²) in [6.07, 6.45) is 8.56. The first kappa shape index (κ1) is 23.1. The minimum Gasteiger partial charge on any atom is -0.489 e. The van der Waals surface area contributed by atoms with Crippen LogP contribution in [0.3, 0.4) is 0 Å². The maximum Gasteiger partial charge on any atom is 0.223 e. The standard InChI is InChI=1S/C21H37N9O/c1-14-19(31-16-6-4-3-5-7-16)11-10-17(27-14)20(22)18(29(2)24)12-26-21(28-23)30(25)13-15-8-9-15/h10-11,15-16H,3-9,12-13,22-25H2,1-2H3,(H,26,28)/b20-18-. The van der Waals surface area contributed by atoms with Crippen molar-refractivity contribution in [1.82, 2.24) is 20.4 Å². The average Bonchev–Trinajstić information content (AvgIpc) is 3.56. The summed E-state index contributed by atoms with van der Waals surface area (Å²) in [4.78, 5) is 9.14. The summed E-state index contributed by atoms with van der Waals surface area (Å²) in [5, 5.41) is 2.97. The monoisotopic (exact) mass is 431 g/mol. The number of hydrogen-bond acceptors (Lipinski definition) is 8. The molecule has 1 aromatic rings. The van der Waals surface area contributed by atoms with Crippen LogP contribution in [0, 0.1) is 12.8 Å². The zero-order valence-electron chi connectivity index (χ0n) is 18.7. The zero-order chi connectivity index (χ0) is 22.4. The molecule has 0 saturated heterocycles. The van der Waals surface area contributed by atoms with Crippen molar-refractivity contribution in [3.05, 3.63) is 29.2 Å². The van der Waals surface area contributed by atoms with Gasteiger partial charge in [0.2, 0.25) is 5.96 Å². The third-order valence-corrected chi connectivity index (χ3v) is 5.83. The Morgan fingerprint density at radius 1 is 1.19 bits per heavy atom. The van der Waals surface area contributed by atoms with Crippen LogP contribution < -0.4 is 33.4 Å². The Morgan fingerprint density at radius 3 is 2.48 bits per heavy atom. The molecule has 0 aromatic carbocycles. The summed E-state index contributed by atoms with van der Waals surface area (Å²) in [6.45, 7) is 2.84. The van der Waals surface area contributed by atoms with E-state index in [0.29, 0.717) is 35.5 Å². The Bertz CT molecular complexity index is 798. The van der Waals surface area contributed by atoms with E-state index in [4.69, 9.17) is 28.0 Å². The van der Waals surface area contributed by atoms with Gasteiger partial charge in [0.15, 0.2) is 0 Å². The molecule has 1 heterocycles. The van der Waals surface area contributed by atoms with Gasteiger partial charge in [0, 0.05) is 13.6 Å². The first-order valence-corrected chi connectivity index (χ1v) is 11.0. The van der Waals surface area contributed by atoms with Crippen LogP contribution in [0.4, 0.5) is 0 Å². The van der Waals surface area contributed by atoms with Crippen molar-refractivity contribution in [3.8, 4) is 5.75 Å². The zero-order valence-corrected chi connectivity index (χ0v) is 18.7. The van der Waals surface area contributed by atoms with E-state index in [2.05, 4.69) is 15.4 Å². The maximum atomic E-state index is 6.43. The molecule has 0 amide bonds. The molecular weight excluding hydrogens is 394 g/mol. The lowest BCUT2D eigenvalue weighted by Gasteiger charge is -2.24. The molecular formula is C21H37N9O. The van der Waals surface area contributed by atoms with E-state index in [1.807, 2.05) is 19.1 Å². The number of ether oxygens (including phenoxy) is 1. The van der Waals surface area contributed by atoms with Crippen molar-refractivity contribution in [2.24, 2.45) is 34.2 Å². The van der Waals surface area contributed by atoms with Crippen molar-refractivity contribution in [3.63, 3.8) is 0 Å². The normalized spacial score (nSPS) is 18.4. The van der Waals surface area contributed by atoms with Gasteiger partial charge in [-0.15, -0.1) is 0 Å². The summed E-state index contributed by atoms with van der Waals surface area (Å²) in [5.41, 5.74) is 11.5. The predicted molar refractivity (Wildman–Crippen MR) is 123 cm³/mol. The first-order chi connectivity index (χ1) is 14.9. The van der Waals surface area contributed by atoms with Gasteiger partial charge in [-0.3, -0.25) is 10.4 Å². The molecule has 0 radical (unpaired) electrons. The van der Waals surface area contributed by atoms with E-state index in [9.17, 15) is 0 Å². The Kier molecular flexibility index (Phi) is 7.94. The van der Waals surface area contributed by atoms with Crippen LogP contribution in [0.15, 0.2) is 22.8 Å². The molecule has 0 atom stereocenters. The number of nitrogens with one attached hydrogen (secondary N) is 1. The van der Waals surface area contributed by atoms with Gasteiger partial charge >= 0.3 is 0 Å². The second kappa shape index (κ2) is 10.7. The fourth-order valence-electron chi connectivity index (χ4n) is 3.75. The van der Waals surface area contributed by atoms with E-state index in [1.165, 1.54) is 42.1 Å². The van der Waals surface area contributed by atoms with Crippen molar-refractivity contribution < 1.29 is 4.74 Å². The third kappa shape index (κ3) is 6.46. The highest BCUT2D eigenvalue weighted by atomic mass is 16.5. The quantitative estimate of drug-likeness (QED) is 0.175. The number of nitrogens with two attached hydrogens (primary N) is 4. The lowest BCUT2D eigenvalue weighted by molar-refractivity contribution is 0.153. The summed E-state index contributed by atoms with van der Waals surface area (Å²) >= 11 is 0. The largest absolute Gasteiger partial charge is 0.489 e. The Hall–Kier alpha value is -2.56. The third-order valence-electron chi connectivity index (χ3n) is 5.83. The fraction of sp³-hybridized carbons (Fsp3) is 0.619. The molecule has 3 rings (SSSR count). The second-order valence-electron chi connectivity index (χ2n) is 8.51. The van der Waals surface area contributed by atoms with Crippen molar-refractivity contribution in [2.75, 3.05) is 20.1 Å². The molecule has 2 saturated carbocycles. The van der Waals surface area contributed by atoms with Crippen LogP contribution in [0.1, 0.15) is 56.3 Å². The predicted octanol–water partition coefficient (Wildman–Crippen LogP) is 0.939. The van der Waals surface area contributed by atoms with E-state index >= 15 is 0 Å². The fourth-order valence-corrected chi connectivity index (χ4v) is 3.75. The minimum atomic E-state index is 0.206. The van der Waals surface area contributed by atoms with Gasteiger partial charge in [-0.2, -0.15) is 0 Å². The number of nitrogens with zero attached hydrogens (tertiary/aromatic N) is 4. The van der Waals surface area contributed by atoms with E-state index in [1.54, 1.807) is 7.05 Å².